The van der Waals surface area contributed by atoms with Gasteiger partial charge < -0.3 is 4.74 Å². The van der Waals surface area contributed by atoms with E-state index in [9.17, 15) is 0 Å². The zero-order chi connectivity index (χ0) is 9.30. The highest BCUT2D eigenvalue weighted by molar-refractivity contribution is 9.11. The van der Waals surface area contributed by atoms with Crippen molar-refractivity contribution in [1.82, 2.24) is 4.98 Å². The smallest absolute Gasteiger partial charge is 0.165 e. The Morgan fingerprint density at radius 3 is 3.00 bits per heavy atom. The van der Waals surface area contributed by atoms with Crippen molar-refractivity contribution in [3.8, 4) is 5.75 Å². The maximum atomic E-state index is 7.39. The summed E-state index contributed by atoms with van der Waals surface area (Å²) in [6, 6.07) is 0.0232. The van der Waals surface area contributed by atoms with Gasteiger partial charge in [-0.25, -0.2) is 4.98 Å². The number of rotatable bonds is 1. The first-order valence-corrected chi connectivity index (χ1v) is 4.02. The van der Waals surface area contributed by atoms with Crippen LogP contribution in [-0.4, -0.2) is 12.1 Å². The fourth-order valence-corrected chi connectivity index (χ4v) is 1.65. The number of hydrogen-bond donors (Lipinski definition) is 0. The molecule has 0 saturated heterocycles. The summed E-state index contributed by atoms with van der Waals surface area (Å²) < 4.78 is 20.5. The van der Waals surface area contributed by atoms with E-state index < -0.39 is 0 Å². The fourth-order valence-electron chi connectivity index (χ4n) is 0.498. The minimum absolute atomic E-state index is 0.0232. The molecule has 54 valence electrons. The second kappa shape index (κ2) is 3.34. The van der Waals surface area contributed by atoms with Gasteiger partial charge in [0.25, 0.3) is 0 Å². The van der Waals surface area contributed by atoms with E-state index in [4.69, 9.17) is 7.48 Å². The van der Waals surface area contributed by atoms with Gasteiger partial charge in [-0.3, -0.25) is 0 Å². The van der Waals surface area contributed by atoms with Crippen molar-refractivity contribution >= 4 is 31.9 Å². The van der Waals surface area contributed by atoms with E-state index in [0.29, 0.717) is 14.8 Å². The largest absolute Gasteiger partial charge is 0.493 e. The molecule has 1 aromatic rings. The summed E-state index contributed by atoms with van der Waals surface area (Å²) in [4.78, 5) is 3.75. The van der Waals surface area contributed by atoms with Crippen LogP contribution < -0.4 is 4.74 Å². The van der Waals surface area contributed by atoms with E-state index in [-0.39, 0.29) is 12.2 Å². The molecule has 0 unspecified atom stereocenters. The summed E-state index contributed by atoms with van der Waals surface area (Å²) >= 11 is 6.26. The van der Waals surface area contributed by atoms with Crippen molar-refractivity contribution in [3.63, 3.8) is 0 Å². The fraction of sp³-hybridized carbons (Fsp3) is 0.167. The number of pyridine rings is 1. The normalized spacial score (nSPS) is 12.3. The Bertz CT molecular complexity index is 319. The minimum atomic E-state index is -0.0884. The Labute approximate surface area is 78.7 Å². The molecule has 1 heterocycles. The molecule has 0 aliphatic carbocycles. The maximum absolute atomic E-state index is 7.39. The summed E-state index contributed by atoms with van der Waals surface area (Å²) in [6.45, 7) is 0. The van der Waals surface area contributed by atoms with Crippen LogP contribution >= 0.6 is 31.9 Å². The molecule has 0 bridgehead atoms. The highest BCUT2D eigenvalue weighted by Crippen LogP contribution is 2.30. The van der Waals surface area contributed by atoms with Gasteiger partial charge in [0.1, 0.15) is 4.60 Å². The number of hydrogen-bond acceptors (Lipinski definition) is 2. The van der Waals surface area contributed by atoms with Crippen molar-refractivity contribution in [2.75, 3.05) is 7.11 Å². The van der Waals surface area contributed by atoms with Crippen LogP contribution in [-0.2, 0) is 0 Å². The second-order valence-electron chi connectivity index (χ2n) is 1.49. The molecule has 4 heteroatoms. The van der Waals surface area contributed by atoms with Crippen molar-refractivity contribution in [2.45, 2.75) is 0 Å². The quantitative estimate of drug-likeness (QED) is 0.731. The number of ether oxygens (including phenoxy) is 1. The van der Waals surface area contributed by atoms with Crippen LogP contribution in [0.15, 0.2) is 21.3 Å². The third-order valence-electron chi connectivity index (χ3n) is 0.911. The van der Waals surface area contributed by atoms with E-state index in [1.807, 2.05) is 0 Å². The Morgan fingerprint density at radius 1 is 1.70 bits per heavy atom. The molecule has 0 radical (unpaired) electrons. The van der Waals surface area contributed by atoms with E-state index in [1.54, 1.807) is 0 Å². The van der Waals surface area contributed by atoms with Crippen LogP contribution in [0.2, 0.25) is 0 Å². The molecule has 10 heavy (non-hydrogen) atoms. The molecule has 0 N–H and O–H groups in total. The molecule has 0 saturated carbocycles. The molecule has 0 amide bonds. The van der Waals surface area contributed by atoms with Gasteiger partial charge in [-0.05, 0) is 37.9 Å². The molecule has 0 aliphatic rings. The van der Waals surface area contributed by atoms with E-state index >= 15 is 0 Å². The highest BCUT2D eigenvalue weighted by Gasteiger charge is 2.03. The van der Waals surface area contributed by atoms with Crippen molar-refractivity contribution < 1.29 is 7.48 Å². The lowest BCUT2D eigenvalue weighted by Gasteiger charge is -2.02. The average Bonchev–Trinajstić information content (AvgIpc) is 2.01. The van der Waals surface area contributed by atoms with Gasteiger partial charge in [0.2, 0.25) is 0 Å². The molecule has 1 aromatic heterocycles. The van der Waals surface area contributed by atoms with Gasteiger partial charge in [0.05, 0.1) is 14.3 Å². The highest BCUT2D eigenvalue weighted by atomic mass is 79.9. The topological polar surface area (TPSA) is 22.1 Å². The Morgan fingerprint density at radius 2 is 2.40 bits per heavy atom. The molecule has 0 fully saturated rings. The zero-order valence-corrected chi connectivity index (χ0v) is 8.28. The Hall–Kier alpha value is -0.0900. The second-order valence-corrected chi connectivity index (χ2v) is 3.03. The molecular weight excluding hydrogens is 262 g/mol. The summed E-state index contributed by atoms with van der Waals surface area (Å²) in [5, 5.41) is 0. The first kappa shape index (κ1) is 5.55. The number of methoxy groups -OCH3 is 1. The predicted octanol–water partition coefficient (Wildman–Crippen LogP) is 2.62. The van der Waals surface area contributed by atoms with Crippen LogP contribution in [0.1, 0.15) is 2.74 Å². The number of halogens is 2. The standard InChI is InChI=1S/C6H5Br2NO/c1-10-5-4(7)2-3-9-6(5)8/h2-3H,1H3/i2D,3D. The summed E-state index contributed by atoms with van der Waals surface area (Å²) in [7, 11) is 1.48. The van der Waals surface area contributed by atoms with Gasteiger partial charge in [0.15, 0.2) is 5.75 Å². The monoisotopic (exact) mass is 267 g/mol. The van der Waals surface area contributed by atoms with Crippen molar-refractivity contribution in [2.24, 2.45) is 0 Å². The lowest BCUT2D eigenvalue weighted by Crippen LogP contribution is -1.87. The van der Waals surface area contributed by atoms with Crippen LogP contribution in [0.5, 0.6) is 5.75 Å². The first-order chi connectivity index (χ1) is 5.57. The van der Waals surface area contributed by atoms with Gasteiger partial charge in [-0.2, -0.15) is 0 Å². The summed E-state index contributed by atoms with van der Waals surface area (Å²) in [5.74, 6) is 0.441. The molecule has 0 aliphatic heterocycles. The van der Waals surface area contributed by atoms with Crippen molar-refractivity contribution in [1.29, 1.82) is 0 Å². The van der Waals surface area contributed by atoms with Crippen molar-refractivity contribution in [3.05, 3.63) is 21.3 Å². The molecule has 2 nitrogen and oxygen atoms in total. The number of aromatic nitrogens is 1. The third-order valence-corrected chi connectivity index (χ3v) is 2.01. The van der Waals surface area contributed by atoms with Gasteiger partial charge >= 0.3 is 0 Å². The van der Waals surface area contributed by atoms with Crippen LogP contribution in [0.25, 0.3) is 0 Å². The molecule has 1 rings (SSSR count). The van der Waals surface area contributed by atoms with E-state index in [2.05, 4.69) is 36.8 Å². The van der Waals surface area contributed by atoms with E-state index in [0.717, 1.165) is 0 Å². The molecule has 0 atom stereocenters. The molecule has 0 aromatic carbocycles. The number of nitrogens with zero attached hydrogens (tertiary/aromatic N) is 1. The van der Waals surface area contributed by atoms with Crippen LogP contribution in [0, 0.1) is 0 Å². The van der Waals surface area contributed by atoms with Gasteiger partial charge in [-0.15, -0.1) is 0 Å². The summed E-state index contributed by atoms with van der Waals surface area (Å²) in [6.07, 6.45) is -0.0884. The Kier molecular flexibility index (Phi) is 1.86. The van der Waals surface area contributed by atoms with Gasteiger partial charge in [-0.1, -0.05) is 0 Å². The minimum Gasteiger partial charge on any atom is -0.493 e. The lowest BCUT2D eigenvalue weighted by molar-refractivity contribution is 0.407. The van der Waals surface area contributed by atoms with Gasteiger partial charge in [0, 0.05) is 6.17 Å². The van der Waals surface area contributed by atoms with Crippen LogP contribution in [0.3, 0.4) is 0 Å². The van der Waals surface area contributed by atoms with E-state index in [1.165, 1.54) is 7.11 Å². The molecule has 0 spiro atoms. The molecular formula is C6H5Br2NO. The SMILES string of the molecule is [2H]c1nc(Br)c(OC)c(Br)c1[2H]. The Balaban J connectivity index is 3.40. The maximum Gasteiger partial charge on any atom is 0.165 e. The summed E-state index contributed by atoms with van der Waals surface area (Å²) in [5.41, 5.74) is 0. The lowest BCUT2D eigenvalue weighted by atomic mass is 10.5. The third kappa shape index (κ3) is 1.49. The average molecular weight is 269 g/mol. The zero-order valence-electron chi connectivity index (χ0n) is 7.11. The first-order valence-electron chi connectivity index (χ1n) is 3.44. The van der Waals surface area contributed by atoms with Crippen LogP contribution in [0.4, 0.5) is 0 Å². The predicted molar refractivity (Wildman–Crippen MR) is 46.2 cm³/mol.